The zero-order chi connectivity index (χ0) is 16.4. The predicted octanol–water partition coefficient (Wildman–Crippen LogP) is 0.918. The second-order valence-corrected chi connectivity index (χ2v) is 5.38. The maximum Gasteiger partial charge on any atom is 0.225 e. The molecule has 0 aromatic carbocycles. The lowest BCUT2D eigenvalue weighted by molar-refractivity contribution is 0.600. The number of rotatable bonds is 3. The van der Waals surface area contributed by atoms with Gasteiger partial charge >= 0.3 is 0 Å². The van der Waals surface area contributed by atoms with E-state index in [1.54, 1.807) is 10.9 Å². The predicted molar refractivity (Wildman–Crippen MR) is 85.6 cm³/mol. The van der Waals surface area contributed by atoms with Crippen LogP contribution in [0.2, 0.25) is 0 Å². The highest BCUT2D eigenvalue weighted by Crippen LogP contribution is 2.16. The molecule has 0 unspecified atom stereocenters. The van der Waals surface area contributed by atoms with Crippen LogP contribution in [-0.2, 0) is 0 Å². The van der Waals surface area contributed by atoms with E-state index in [0.29, 0.717) is 11.8 Å². The molecule has 3 aromatic rings. The molecule has 0 aliphatic carbocycles. The Balaban J connectivity index is 1.41. The first kappa shape index (κ1) is 14.5. The highest BCUT2D eigenvalue weighted by molar-refractivity contribution is 5.42. The van der Waals surface area contributed by atoms with Crippen molar-refractivity contribution in [3.8, 4) is 5.82 Å². The molecule has 0 bridgehead atoms. The Morgan fingerprint density at radius 3 is 2.17 bits per heavy atom. The zero-order valence-corrected chi connectivity index (χ0v) is 12.8. The summed E-state index contributed by atoms with van der Waals surface area (Å²) in [5, 5.41) is 12.6. The van der Waals surface area contributed by atoms with Crippen LogP contribution in [0.25, 0.3) is 5.82 Å². The van der Waals surface area contributed by atoms with Crippen LogP contribution in [0.5, 0.6) is 0 Å². The topological polar surface area (TPSA) is 75.9 Å². The van der Waals surface area contributed by atoms with Gasteiger partial charge in [-0.05, 0) is 18.2 Å². The first-order valence-corrected chi connectivity index (χ1v) is 7.61. The summed E-state index contributed by atoms with van der Waals surface area (Å²) in [5.41, 5.74) is 0. The van der Waals surface area contributed by atoms with Crippen LogP contribution < -0.4 is 9.80 Å². The van der Waals surface area contributed by atoms with Crippen LogP contribution in [0.15, 0.2) is 43.0 Å². The summed E-state index contributed by atoms with van der Waals surface area (Å²) >= 11 is 0. The van der Waals surface area contributed by atoms with E-state index in [9.17, 15) is 4.39 Å². The van der Waals surface area contributed by atoms with Crippen molar-refractivity contribution in [3.05, 3.63) is 48.8 Å². The molecule has 0 amide bonds. The van der Waals surface area contributed by atoms with E-state index < -0.39 is 5.82 Å². The van der Waals surface area contributed by atoms with Crippen LogP contribution in [0.1, 0.15) is 0 Å². The van der Waals surface area contributed by atoms with Gasteiger partial charge in [-0.25, -0.2) is 19.0 Å². The monoisotopic (exact) mass is 326 g/mol. The average molecular weight is 326 g/mol. The maximum absolute atomic E-state index is 12.9. The largest absolute Gasteiger partial charge is 0.352 e. The number of hydrogen-bond donors (Lipinski definition) is 0. The Morgan fingerprint density at radius 1 is 0.875 bits per heavy atom. The molecule has 1 fully saturated rings. The van der Waals surface area contributed by atoms with Gasteiger partial charge in [-0.2, -0.15) is 5.10 Å². The van der Waals surface area contributed by atoms with Crippen molar-refractivity contribution in [1.29, 1.82) is 0 Å². The molecule has 3 aromatic heterocycles. The summed E-state index contributed by atoms with van der Waals surface area (Å²) in [5.74, 6) is 1.63. The third-order valence-electron chi connectivity index (χ3n) is 3.87. The Hall–Kier alpha value is -3.10. The molecule has 0 radical (unpaired) electrons. The summed E-state index contributed by atoms with van der Waals surface area (Å²) in [4.78, 5) is 12.2. The number of halogens is 1. The molecular weight excluding hydrogens is 311 g/mol. The second kappa shape index (κ2) is 6.19. The summed E-state index contributed by atoms with van der Waals surface area (Å²) in [7, 11) is 0. The van der Waals surface area contributed by atoms with Crippen LogP contribution in [0, 0.1) is 5.82 Å². The van der Waals surface area contributed by atoms with E-state index in [-0.39, 0.29) is 0 Å². The molecule has 0 N–H and O–H groups in total. The van der Waals surface area contributed by atoms with E-state index in [1.807, 2.05) is 29.3 Å². The van der Waals surface area contributed by atoms with Crippen LogP contribution in [0.3, 0.4) is 0 Å². The summed E-state index contributed by atoms with van der Waals surface area (Å²) < 4.78 is 14.6. The third kappa shape index (κ3) is 2.87. The number of hydrogen-bond acceptors (Lipinski definition) is 7. The lowest BCUT2D eigenvalue weighted by Gasteiger charge is -2.35. The van der Waals surface area contributed by atoms with Gasteiger partial charge in [-0.15, -0.1) is 10.2 Å². The molecule has 0 saturated carbocycles. The minimum absolute atomic E-state index is 0.426. The number of nitrogens with zero attached hydrogens (tertiary/aromatic N) is 8. The van der Waals surface area contributed by atoms with E-state index in [1.165, 1.54) is 12.4 Å². The normalized spacial score (nSPS) is 14.9. The molecule has 0 spiro atoms. The van der Waals surface area contributed by atoms with Gasteiger partial charge in [0.05, 0.1) is 12.4 Å². The molecular formula is C15H15FN8. The fourth-order valence-electron chi connectivity index (χ4n) is 2.62. The molecule has 1 aliphatic rings. The molecule has 122 valence electrons. The first-order chi connectivity index (χ1) is 11.8. The van der Waals surface area contributed by atoms with Gasteiger partial charge in [0.15, 0.2) is 17.5 Å². The first-order valence-electron chi connectivity index (χ1n) is 7.61. The van der Waals surface area contributed by atoms with E-state index in [2.05, 4.69) is 30.2 Å². The Labute approximate surface area is 137 Å². The molecule has 0 atom stereocenters. The maximum atomic E-state index is 12.9. The van der Waals surface area contributed by atoms with Crippen molar-refractivity contribution in [2.24, 2.45) is 0 Å². The fourth-order valence-corrected chi connectivity index (χ4v) is 2.62. The van der Waals surface area contributed by atoms with Gasteiger partial charge in [0, 0.05) is 38.6 Å². The van der Waals surface area contributed by atoms with Crippen LogP contribution in [0.4, 0.5) is 16.2 Å². The SMILES string of the molecule is Fc1cnc(N2CCN(c3ccc(-n4cccn4)nn3)CC2)nc1. The Kier molecular flexibility index (Phi) is 3.73. The second-order valence-electron chi connectivity index (χ2n) is 5.38. The van der Waals surface area contributed by atoms with Gasteiger partial charge in [0.25, 0.3) is 0 Å². The summed E-state index contributed by atoms with van der Waals surface area (Å²) in [6.07, 6.45) is 5.90. The van der Waals surface area contributed by atoms with Crippen LogP contribution in [-0.4, -0.2) is 56.1 Å². The van der Waals surface area contributed by atoms with Gasteiger partial charge in [0.1, 0.15) is 0 Å². The van der Waals surface area contributed by atoms with Crippen molar-refractivity contribution in [2.75, 3.05) is 36.0 Å². The average Bonchev–Trinajstić information content (AvgIpc) is 3.17. The van der Waals surface area contributed by atoms with Gasteiger partial charge in [-0.1, -0.05) is 0 Å². The minimum atomic E-state index is -0.426. The van der Waals surface area contributed by atoms with Crippen LogP contribution >= 0.6 is 0 Å². The van der Waals surface area contributed by atoms with Crippen molar-refractivity contribution < 1.29 is 4.39 Å². The molecule has 9 heteroatoms. The van der Waals surface area contributed by atoms with Crippen molar-refractivity contribution in [3.63, 3.8) is 0 Å². The smallest absolute Gasteiger partial charge is 0.225 e. The van der Waals surface area contributed by atoms with Gasteiger partial charge in [-0.3, -0.25) is 0 Å². The quantitative estimate of drug-likeness (QED) is 0.708. The van der Waals surface area contributed by atoms with Crippen molar-refractivity contribution >= 4 is 11.8 Å². The van der Waals surface area contributed by atoms with E-state index in [4.69, 9.17) is 0 Å². The summed E-state index contributed by atoms with van der Waals surface area (Å²) in [6, 6.07) is 5.67. The highest BCUT2D eigenvalue weighted by Gasteiger charge is 2.20. The molecule has 4 rings (SSSR count). The molecule has 4 heterocycles. The molecule has 1 saturated heterocycles. The van der Waals surface area contributed by atoms with Crippen molar-refractivity contribution in [1.82, 2.24) is 29.9 Å². The third-order valence-corrected chi connectivity index (χ3v) is 3.87. The number of anilines is 2. The highest BCUT2D eigenvalue weighted by atomic mass is 19.1. The number of piperazine rings is 1. The standard InChI is InChI=1S/C15H15FN8/c16-12-10-17-15(18-11-12)23-8-6-22(7-9-23)13-2-3-14(21-20-13)24-5-1-4-19-24/h1-5,10-11H,6-9H2. The molecule has 24 heavy (non-hydrogen) atoms. The summed E-state index contributed by atoms with van der Waals surface area (Å²) in [6.45, 7) is 3.04. The minimum Gasteiger partial charge on any atom is -0.352 e. The zero-order valence-electron chi connectivity index (χ0n) is 12.8. The van der Waals surface area contributed by atoms with E-state index in [0.717, 1.165) is 32.0 Å². The number of aromatic nitrogens is 6. The van der Waals surface area contributed by atoms with Gasteiger partial charge < -0.3 is 9.80 Å². The molecule has 8 nitrogen and oxygen atoms in total. The lowest BCUT2D eigenvalue weighted by atomic mass is 10.3. The van der Waals surface area contributed by atoms with Gasteiger partial charge in [0.2, 0.25) is 5.95 Å². The fraction of sp³-hybridized carbons (Fsp3) is 0.267. The van der Waals surface area contributed by atoms with Crippen molar-refractivity contribution in [2.45, 2.75) is 0 Å². The van der Waals surface area contributed by atoms with E-state index >= 15 is 0 Å². The Bertz CT molecular complexity index is 779. The molecule has 1 aliphatic heterocycles. The Morgan fingerprint density at radius 2 is 1.54 bits per heavy atom. The lowest BCUT2D eigenvalue weighted by Crippen LogP contribution is -2.47.